The second-order valence-corrected chi connectivity index (χ2v) is 9.29. The molecule has 1 aliphatic heterocycles. The molecule has 0 unspecified atom stereocenters. The normalized spacial score (nSPS) is 13.8. The molecule has 0 bridgehead atoms. The van der Waals surface area contributed by atoms with Crippen molar-refractivity contribution in [3.05, 3.63) is 130 Å². The molecule has 0 saturated heterocycles. The lowest BCUT2D eigenvalue weighted by molar-refractivity contribution is -0.114. The molecule has 5 rings (SSSR count). The number of amides is 1. The quantitative estimate of drug-likeness (QED) is 0.229. The highest BCUT2D eigenvalue weighted by atomic mass is 35.5. The number of carboxylic acids is 1. The van der Waals surface area contributed by atoms with Crippen LogP contribution in [-0.2, 0) is 11.4 Å². The summed E-state index contributed by atoms with van der Waals surface area (Å²) in [6.07, 6.45) is 1.75. The van der Waals surface area contributed by atoms with Crippen LogP contribution in [0.1, 0.15) is 34.0 Å². The zero-order valence-corrected chi connectivity index (χ0v) is 22.3. The van der Waals surface area contributed by atoms with Crippen molar-refractivity contribution in [2.45, 2.75) is 13.5 Å². The Bertz CT molecular complexity index is 1600. The SMILES string of the molecule is CCOc1cc(/C=C2\C(=O)N(c3ccccc3)N=C2c2ccccc2)cc(Cl)c1OCc1ccc(C(=O)O)cc1. The standard InChI is InChI=1S/C32H25ClN2O5/c1-2-39-28-19-22(18-27(33)30(28)40-20-21-13-15-24(16-14-21)32(37)38)17-26-29(23-9-5-3-6-10-23)34-35(31(26)36)25-11-7-4-8-12-25/h3-19H,2,20H2,1H3,(H,37,38)/b26-17-. The van der Waals surface area contributed by atoms with Gasteiger partial charge in [-0.25, -0.2) is 4.79 Å². The third-order valence-electron chi connectivity index (χ3n) is 6.15. The van der Waals surface area contributed by atoms with E-state index in [9.17, 15) is 9.59 Å². The van der Waals surface area contributed by atoms with Gasteiger partial charge in [-0.05, 0) is 60.5 Å². The third-order valence-corrected chi connectivity index (χ3v) is 6.43. The van der Waals surface area contributed by atoms with Crippen molar-refractivity contribution >= 4 is 41.0 Å². The first kappa shape index (κ1) is 26.7. The van der Waals surface area contributed by atoms with Gasteiger partial charge >= 0.3 is 5.97 Å². The summed E-state index contributed by atoms with van der Waals surface area (Å²) < 4.78 is 11.8. The van der Waals surface area contributed by atoms with E-state index in [0.29, 0.717) is 45.7 Å². The summed E-state index contributed by atoms with van der Waals surface area (Å²) in [7, 11) is 0. The first-order valence-electron chi connectivity index (χ1n) is 12.6. The molecule has 0 spiro atoms. The van der Waals surface area contributed by atoms with Gasteiger partial charge in [-0.3, -0.25) is 4.79 Å². The Morgan fingerprint density at radius 1 is 0.950 bits per heavy atom. The average molecular weight is 553 g/mol. The van der Waals surface area contributed by atoms with E-state index in [-0.39, 0.29) is 18.1 Å². The third kappa shape index (κ3) is 5.75. The van der Waals surface area contributed by atoms with Crippen molar-refractivity contribution in [1.82, 2.24) is 0 Å². The van der Waals surface area contributed by atoms with Gasteiger partial charge in [-0.2, -0.15) is 10.1 Å². The summed E-state index contributed by atoms with van der Waals surface area (Å²) in [5.41, 5.74) is 4.06. The molecule has 0 atom stereocenters. The maximum Gasteiger partial charge on any atom is 0.335 e. The maximum absolute atomic E-state index is 13.6. The number of halogens is 1. The summed E-state index contributed by atoms with van der Waals surface area (Å²) in [5, 5.41) is 15.5. The molecule has 1 amide bonds. The van der Waals surface area contributed by atoms with Crippen molar-refractivity contribution in [1.29, 1.82) is 0 Å². The molecule has 200 valence electrons. The molecule has 0 aliphatic carbocycles. The van der Waals surface area contributed by atoms with Gasteiger partial charge in [0.15, 0.2) is 11.5 Å². The molecule has 4 aromatic rings. The molecule has 1 N–H and O–H groups in total. The van der Waals surface area contributed by atoms with Crippen LogP contribution in [0, 0.1) is 0 Å². The molecule has 8 heteroatoms. The summed E-state index contributed by atoms with van der Waals surface area (Å²) in [5.74, 6) is -0.475. The molecular weight excluding hydrogens is 528 g/mol. The topological polar surface area (TPSA) is 88.4 Å². The molecule has 1 aliphatic rings. The highest BCUT2D eigenvalue weighted by molar-refractivity contribution is 6.37. The fraction of sp³-hybridized carbons (Fsp3) is 0.0938. The van der Waals surface area contributed by atoms with Gasteiger partial charge in [0.25, 0.3) is 5.91 Å². The minimum absolute atomic E-state index is 0.162. The first-order valence-corrected chi connectivity index (χ1v) is 13.0. The predicted molar refractivity (Wildman–Crippen MR) is 155 cm³/mol. The summed E-state index contributed by atoms with van der Waals surface area (Å²) in [6, 6.07) is 28.7. The van der Waals surface area contributed by atoms with Gasteiger partial charge in [0.1, 0.15) is 12.3 Å². The second kappa shape index (κ2) is 11.9. The van der Waals surface area contributed by atoms with E-state index in [1.807, 2.05) is 67.6 Å². The molecule has 40 heavy (non-hydrogen) atoms. The van der Waals surface area contributed by atoms with E-state index in [1.165, 1.54) is 17.1 Å². The summed E-state index contributed by atoms with van der Waals surface area (Å²) >= 11 is 6.67. The number of para-hydroxylation sites is 1. The van der Waals surface area contributed by atoms with Crippen LogP contribution in [0.3, 0.4) is 0 Å². The number of hydrogen-bond acceptors (Lipinski definition) is 5. The number of ether oxygens (including phenoxy) is 2. The molecule has 7 nitrogen and oxygen atoms in total. The van der Waals surface area contributed by atoms with Crippen LogP contribution in [0.2, 0.25) is 5.02 Å². The van der Waals surface area contributed by atoms with Crippen LogP contribution < -0.4 is 14.5 Å². The number of anilines is 1. The first-order chi connectivity index (χ1) is 19.4. The van der Waals surface area contributed by atoms with Gasteiger partial charge in [-0.1, -0.05) is 72.3 Å². The monoisotopic (exact) mass is 552 g/mol. The van der Waals surface area contributed by atoms with E-state index >= 15 is 0 Å². The fourth-order valence-corrected chi connectivity index (χ4v) is 4.51. The van der Waals surface area contributed by atoms with E-state index in [2.05, 4.69) is 5.10 Å². The fourth-order valence-electron chi connectivity index (χ4n) is 4.24. The highest BCUT2D eigenvalue weighted by Gasteiger charge is 2.32. The van der Waals surface area contributed by atoms with Crippen LogP contribution in [0.4, 0.5) is 5.69 Å². The maximum atomic E-state index is 13.6. The lowest BCUT2D eigenvalue weighted by atomic mass is 10.00. The Morgan fingerprint density at radius 3 is 2.27 bits per heavy atom. The Kier molecular flexibility index (Phi) is 7.94. The molecule has 4 aromatic carbocycles. The van der Waals surface area contributed by atoms with Crippen LogP contribution in [0.15, 0.2) is 108 Å². The lowest BCUT2D eigenvalue weighted by Gasteiger charge is -2.15. The number of rotatable bonds is 9. The Morgan fingerprint density at radius 2 is 1.62 bits per heavy atom. The second-order valence-electron chi connectivity index (χ2n) is 8.88. The van der Waals surface area contributed by atoms with Crippen molar-refractivity contribution in [2.24, 2.45) is 5.10 Å². The number of hydrogen-bond donors (Lipinski definition) is 1. The molecule has 0 saturated carbocycles. The largest absolute Gasteiger partial charge is 0.490 e. The van der Waals surface area contributed by atoms with E-state index in [4.69, 9.17) is 26.2 Å². The average Bonchev–Trinajstić information content (AvgIpc) is 3.29. The van der Waals surface area contributed by atoms with Crippen LogP contribution in [0.5, 0.6) is 11.5 Å². The molecular formula is C32H25ClN2O5. The lowest BCUT2D eigenvalue weighted by Crippen LogP contribution is -2.21. The van der Waals surface area contributed by atoms with Crippen LogP contribution in [-0.4, -0.2) is 29.3 Å². The van der Waals surface area contributed by atoms with Crippen molar-refractivity contribution in [3.8, 4) is 11.5 Å². The van der Waals surface area contributed by atoms with Crippen molar-refractivity contribution < 1.29 is 24.2 Å². The number of carbonyl (C=O) groups excluding carboxylic acids is 1. The van der Waals surface area contributed by atoms with E-state index < -0.39 is 5.97 Å². The van der Waals surface area contributed by atoms with Gasteiger partial charge in [-0.15, -0.1) is 0 Å². The highest BCUT2D eigenvalue weighted by Crippen LogP contribution is 2.38. The van der Waals surface area contributed by atoms with Crippen molar-refractivity contribution in [2.75, 3.05) is 11.6 Å². The number of nitrogens with zero attached hydrogens (tertiary/aromatic N) is 2. The number of aromatic carboxylic acids is 1. The van der Waals surface area contributed by atoms with Crippen LogP contribution in [0.25, 0.3) is 6.08 Å². The van der Waals surface area contributed by atoms with Gasteiger partial charge in [0, 0.05) is 5.56 Å². The molecule has 0 fully saturated rings. The zero-order chi connectivity index (χ0) is 28.1. The molecule has 0 aromatic heterocycles. The molecule has 1 heterocycles. The summed E-state index contributed by atoms with van der Waals surface area (Å²) in [6.45, 7) is 2.39. The van der Waals surface area contributed by atoms with Gasteiger partial charge < -0.3 is 14.6 Å². The smallest absolute Gasteiger partial charge is 0.335 e. The van der Waals surface area contributed by atoms with Crippen LogP contribution >= 0.6 is 11.6 Å². The predicted octanol–water partition coefficient (Wildman–Crippen LogP) is 6.85. The summed E-state index contributed by atoms with van der Waals surface area (Å²) in [4.78, 5) is 24.7. The van der Waals surface area contributed by atoms with Gasteiger partial charge in [0.05, 0.1) is 28.5 Å². The number of carboxylic acid groups (broad SMARTS) is 1. The number of benzene rings is 4. The Balaban J connectivity index is 1.48. The number of carbonyl (C=O) groups is 2. The van der Waals surface area contributed by atoms with E-state index in [0.717, 1.165) is 11.1 Å². The minimum Gasteiger partial charge on any atom is -0.490 e. The van der Waals surface area contributed by atoms with Crippen molar-refractivity contribution in [3.63, 3.8) is 0 Å². The Labute approximate surface area is 236 Å². The van der Waals surface area contributed by atoms with E-state index in [1.54, 1.807) is 30.3 Å². The molecule has 0 radical (unpaired) electrons. The Hall–Kier alpha value is -4.88. The minimum atomic E-state index is -0.994. The van der Waals surface area contributed by atoms with Gasteiger partial charge in [0.2, 0.25) is 0 Å². The zero-order valence-electron chi connectivity index (χ0n) is 21.6. The number of hydrazone groups is 1.